The molecule has 0 aliphatic rings. The second kappa shape index (κ2) is 6.19. The van der Waals surface area contributed by atoms with E-state index in [0.29, 0.717) is 34.6 Å². The van der Waals surface area contributed by atoms with Gasteiger partial charge in [0.2, 0.25) is 0 Å². The van der Waals surface area contributed by atoms with Crippen LogP contribution in [-0.2, 0) is 6.54 Å². The Kier molecular flexibility index (Phi) is 4.07. The summed E-state index contributed by atoms with van der Waals surface area (Å²) in [4.78, 5) is 29.7. The van der Waals surface area contributed by atoms with Gasteiger partial charge in [-0.3, -0.25) is 9.78 Å². The highest BCUT2D eigenvalue weighted by atomic mass is 16.5. The van der Waals surface area contributed by atoms with E-state index in [9.17, 15) is 9.59 Å². The number of benzene rings is 1. The van der Waals surface area contributed by atoms with Crippen LogP contribution in [0.4, 0.5) is 0 Å². The topological polar surface area (TPSA) is 87.5 Å². The van der Waals surface area contributed by atoms with Crippen LogP contribution in [-0.4, -0.2) is 23.8 Å². The van der Waals surface area contributed by atoms with Crippen molar-refractivity contribution < 1.29 is 14.5 Å². The molecule has 0 fully saturated rings. The summed E-state index contributed by atoms with van der Waals surface area (Å²) in [6, 6.07) is 7.22. The standard InChI is InChI=1S/C17H17N3O4/c1-4-20-15-14(16(21)19-17(20)22)11(7-8-18-15)10-5-6-12(23-2)13(9-10)24-3/h5-9H,4H2,1-3H3,(H,19,21,22)/p+1. The molecule has 0 radical (unpaired) electrons. The van der Waals surface area contributed by atoms with E-state index in [1.54, 1.807) is 38.6 Å². The summed E-state index contributed by atoms with van der Waals surface area (Å²) in [7, 11) is 3.12. The fourth-order valence-electron chi connectivity index (χ4n) is 2.80. The largest absolute Gasteiger partial charge is 0.493 e. The Balaban J connectivity index is 2.36. The SMILES string of the molecule is CCn1c(=O)[nH]c(=O)c2c(-c3ccc(OC)c(OC)c3)cc[nH+]c21. The van der Waals surface area contributed by atoms with Gasteiger partial charge in [-0.05, 0) is 30.7 Å². The first-order valence-electron chi connectivity index (χ1n) is 7.50. The van der Waals surface area contributed by atoms with Gasteiger partial charge in [-0.2, -0.15) is 4.57 Å². The summed E-state index contributed by atoms with van der Waals surface area (Å²) < 4.78 is 12.1. The van der Waals surface area contributed by atoms with Crippen LogP contribution >= 0.6 is 0 Å². The highest BCUT2D eigenvalue weighted by molar-refractivity contribution is 5.90. The number of nitrogens with one attached hydrogen (secondary N) is 2. The molecule has 0 aliphatic carbocycles. The molecule has 7 heteroatoms. The van der Waals surface area contributed by atoms with Gasteiger partial charge in [0.15, 0.2) is 11.5 Å². The van der Waals surface area contributed by atoms with Gasteiger partial charge < -0.3 is 9.47 Å². The van der Waals surface area contributed by atoms with Gasteiger partial charge in [-0.15, -0.1) is 0 Å². The third-order valence-electron chi connectivity index (χ3n) is 3.95. The first-order valence-corrected chi connectivity index (χ1v) is 7.50. The fourth-order valence-corrected chi connectivity index (χ4v) is 2.80. The fraction of sp³-hybridized carbons (Fsp3) is 0.235. The average molecular weight is 328 g/mol. The van der Waals surface area contributed by atoms with E-state index < -0.39 is 11.2 Å². The quantitative estimate of drug-likeness (QED) is 0.780. The first-order chi connectivity index (χ1) is 11.6. The lowest BCUT2D eigenvalue weighted by Gasteiger charge is -2.10. The van der Waals surface area contributed by atoms with E-state index in [1.165, 1.54) is 4.57 Å². The van der Waals surface area contributed by atoms with E-state index in [0.717, 1.165) is 5.56 Å². The number of aryl methyl sites for hydroxylation is 1. The summed E-state index contributed by atoms with van der Waals surface area (Å²) >= 11 is 0. The van der Waals surface area contributed by atoms with Crippen molar-refractivity contribution in [2.45, 2.75) is 13.5 Å². The van der Waals surface area contributed by atoms with Gasteiger partial charge in [0.05, 0.1) is 27.0 Å². The zero-order valence-electron chi connectivity index (χ0n) is 13.7. The van der Waals surface area contributed by atoms with Crippen LogP contribution in [0.1, 0.15) is 6.92 Å². The molecular weight excluding hydrogens is 310 g/mol. The third-order valence-corrected chi connectivity index (χ3v) is 3.95. The average Bonchev–Trinajstić information content (AvgIpc) is 2.60. The van der Waals surface area contributed by atoms with Crippen molar-refractivity contribution in [2.24, 2.45) is 0 Å². The molecule has 2 heterocycles. The maximum atomic E-state index is 12.4. The summed E-state index contributed by atoms with van der Waals surface area (Å²) in [6.45, 7) is 2.29. The highest BCUT2D eigenvalue weighted by Crippen LogP contribution is 2.33. The van der Waals surface area contributed by atoms with Crippen LogP contribution in [0, 0.1) is 0 Å². The molecule has 0 atom stereocenters. The number of rotatable bonds is 4. The Labute approximate surface area is 137 Å². The Morgan fingerprint density at radius 2 is 1.88 bits per heavy atom. The zero-order chi connectivity index (χ0) is 17.3. The van der Waals surface area contributed by atoms with Gasteiger partial charge in [0.1, 0.15) is 5.39 Å². The van der Waals surface area contributed by atoms with Crippen LogP contribution in [0.3, 0.4) is 0 Å². The van der Waals surface area contributed by atoms with Gasteiger partial charge >= 0.3 is 5.69 Å². The van der Waals surface area contributed by atoms with Crippen LogP contribution in [0.15, 0.2) is 40.1 Å². The second-order valence-electron chi connectivity index (χ2n) is 5.19. The minimum atomic E-state index is -0.435. The number of hydrogen-bond donors (Lipinski definition) is 1. The van der Waals surface area contributed by atoms with Gasteiger partial charge in [-0.25, -0.2) is 9.78 Å². The molecule has 7 nitrogen and oxygen atoms in total. The second-order valence-corrected chi connectivity index (χ2v) is 5.19. The molecule has 0 unspecified atom stereocenters. The van der Waals surface area contributed by atoms with Crippen molar-refractivity contribution in [3.05, 3.63) is 51.3 Å². The van der Waals surface area contributed by atoms with Gasteiger partial charge in [-0.1, -0.05) is 6.07 Å². The summed E-state index contributed by atoms with van der Waals surface area (Å²) in [5.74, 6) is 1.17. The summed E-state index contributed by atoms with van der Waals surface area (Å²) in [6.07, 6.45) is 1.71. The van der Waals surface area contributed by atoms with Crippen LogP contribution < -0.4 is 25.7 Å². The lowest BCUT2D eigenvalue weighted by molar-refractivity contribution is -0.349. The molecule has 0 saturated carbocycles. The molecular formula is C17H18N3O4+. The van der Waals surface area contributed by atoms with Crippen LogP contribution in [0.25, 0.3) is 22.2 Å². The van der Waals surface area contributed by atoms with Crippen molar-refractivity contribution >= 4 is 11.0 Å². The molecule has 124 valence electrons. The number of aromatic nitrogens is 3. The minimum Gasteiger partial charge on any atom is -0.493 e. The molecule has 3 rings (SSSR count). The molecule has 3 aromatic rings. The van der Waals surface area contributed by atoms with E-state index in [1.807, 2.05) is 13.0 Å². The van der Waals surface area contributed by atoms with E-state index in [2.05, 4.69) is 9.97 Å². The molecule has 24 heavy (non-hydrogen) atoms. The number of nitrogens with zero attached hydrogens (tertiary/aromatic N) is 1. The predicted molar refractivity (Wildman–Crippen MR) is 89.6 cm³/mol. The Morgan fingerprint density at radius 1 is 1.12 bits per heavy atom. The molecule has 0 amide bonds. The van der Waals surface area contributed by atoms with E-state index >= 15 is 0 Å². The molecule has 1 aromatic carbocycles. The summed E-state index contributed by atoms with van der Waals surface area (Å²) in [5, 5.41) is 0.422. The summed E-state index contributed by atoms with van der Waals surface area (Å²) in [5.41, 5.74) is 1.11. The Bertz CT molecular complexity index is 1020. The molecule has 0 aliphatic heterocycles. The van der Waals surface area contributed by atoms with Crippen LogP contribution in [0.2, 0.25) is 0 Å². The van der Waals surface area contributed by atoms with Crippen molar-refractivity contribution in [1.82, 2.24) is 9.55 Å². The lowest BCUT2D eigenvalue weighted by Crippen LogP contribution is -2.33. The Hall–Kier alpha value is -3.09. The number of aromatic amines is 2. The molecule has 0 bridgehead atoms. The predicted octanol–water partition coefficient (Wildman–Crippen LogP) is 1.21. The maximum absolute atomic E-state index is 12.4. The lowest BCUT2D eigenvalue weighted by atomic mass is 10.0. The monoisotopic (exact) mass is 328 g/mol. The van der Waals surface area contributed by atoms with Crippen molar-refractivity contribution in [3.63, 3.8) is 0 Å². The molecule has 0 saturated heterocycles. The zero-order valence-corrected chi connectivity index (χ0v) is 13.7. The maximum Gasteiger partial charge on any atom is 0.415 e. The molecule has 2 N–H and O–H groups in total. The Morgan fingerprint density at radius 3 is 2.54 bits per heavy atom. The normalized spacial score (nSPS) is 10.8. The van der Waals surface area contributed by atoms with Crippen molar-refractivity contribution in [1.29, 1.82) is 0 Å². The van der Waals surface area contributed by atoms with E-state index in [4.69, 9.17) is 9.47 Å². The first kappa shape index (κ1) is 15.8. The van der Waals surface area contributed by atoms with Crippen molar-refractivity contribution in [2.75, 3.05) is 14.2 Å². The number of H-pyrrole nitrogens is 2. The highest BCUT2D eigenvalue weighted by Gasteiger charge is 2.19. The molecule has 2 aromatic heterocycles. The number of hydrogen-bond acceptors (Lipinski definition) is 4. The number of ether oxygens (including phenoxy) is 2. The number of fused-ring (bicyclic) bond motifs is 1. The third kappa shape index (κ3) is 2.44. The van der Waals surface area contributed by atoms with Gasteiger partial charge in [0, 0.05) is 5.56 Å². The van der Waals surface area contributed by atoms with E-state index in [-0.39, 0.29) is 0 Å². The minimum absolute atomic E-state index is 0.422. The smallest absolute Gasteiger partial charge is 0.415 e. The molecule has 0 spiro atoms. The van der Waals surface area contributed by atoms with Crippen molar-refractivity contribution in [3.8, 4) is 22.6 Å². The number of pyridine rings is 1. The number of methoxy groups -OCH3 is 2. The van der Waals surface area contributed by atoms with Gasteiger partial charge in [0.25, 0.3) is 11.2 Å². The van der Waals surface area contributed by atoms with Crippen LogP contribution in [0.5, 0.6) is 11.5 Å².